The van der Waals surface area contributed by atoms with E-state index in [9.17, 15) is 4.79 Å². The van der Waals surface area contributed by atoms with Crippen molar-refractivity contribution < 1.29 is 14.3 Å². The molecule has 1 aliphatic heterocycles. The van der Waals surface area contributed by atoms with E-state index in [-0.39, 0.29) is 5.91 Å². The van der Waals surface area contributed by atoms with E-state index >= 15 is 0 Å². The van der Waals surface area contributed by atoms with Gasteiger partial charge in [-0.15, -0.1) is 0 Å². The molecule has 0 bridgehead atoms. The smallest absolute Gasteiger partial charge is 0.251 e. The average Bonchev–Trinajstić information content (AvgIpc) is 2.74. The molecule has 0 saturated carbocycles. The second-order valence-electron chi connectivity index (χ2n) is 8.01. The van der Waals surface area contributed by atoms with E-state index in [0.717, 1.165) is 30.3 Å². The van der Waals surface area contributed by atoms with Crippen molar-refractivity contribution in [3.8, 4) is 11.5 Å². The molecule has 5 nitrogen and oxygen atoms in total. The standard InChI is InChI=1S/C25H34N2O3/c1-4-29-23-13-10-21(15-24(23)30-5-2)16-26-25(28)22-11-8-20(9-12-22)18-27-14-6-7-19(3)17-27/h8-13,15,19H,4-7,14,16-18H2,1-3H3,(H,26,28)/t19-/m1/s1. The molecule has 1 atom stereocenters. The van der Waals surface area contributed by atoms with Crippen molar-refractivity contribution in [2.75, 3.05) is 26.3 Å². The van der Waals surface area contributed by atoms with Crippen LogP contribution in [0.3, 0.4) is 0 Å². The normalized spacial score (nSPS) is 16.8. The Balaban J connectivity index is 1.55. The van der Waals surface area contributed by atoms with Gasteiger partial charge < -0.3 is 14.8 Å². The highest BCUT2D eigenvalue weighted by atomic mass is 16.5. The number of hydrogen-bond acceptors (Lipinski definition) is 4. The number of hydrogen-bond donors (Lipinski definition) is 1. The van der Waals surface area contributed by atoms with Crippen LogP contribution in [0.4, 0.5) is 0 Å². The number of benzene rings is 2. The fourth-order valence-corrected chi connectivity index (χ4v) is 3.94. The first-order chi connectivity index (χ1) is 14.6. The summed E-state index contributed by atoms with van der Waals surface area (Å²) in [7, 11) is 0. The van der Waals surface area contributed by atoms with Gasteiger partial charge in [-0.05, 0) is 74.5 Å². The summed E-state index contributed by atoms with van der Waals surface area (Å²) in [6.45, 7) is 11.1. The van der Waals surface area contributed by atoms with Gasteiger partial charge in [-0.1, -0.05) is 25.1 Å². The summed E-state index contributed by atoms with van der Waals surface area (Å²) in [5.41, 5.74) is 2.92. The molecule has 5 heteroatoms. The number of carbonyl (C=O) groups excluding carboxylic acids is 1. The van der Waals surface area contributed by atoms with Crippen molar-refractivity contribution in [3.05, 3.63) is 59.2 Å². The lowest BCUT2D eigenvalue weighted by molar-refractivity contribution is 0.0951. The van der Waals surface area contributed by atoms with E-state index < -0.39 is 0 Å². The average molecular weight is 411 g/mol. The number of nitrogens with zero attached hydrogens (tertiary/aromatic N) is 1. The summed E-state index contributed by atoms with van der Waals surface area (Å²) in [6, 6.07) is 13.8. The van der Waals surface area contributed by atoms with Crippen LogP contribution in [0.15, 0.2) is 42.5 Å². The Morgan fingerprint density at radius 1 is 1.03 bits per heavy atom. The Hall–Kier alpha value is -2.53. The first-order valence-corrected chi connectivity index (χ1v) is 11.1. The van der Waals surface area contributed by atoms with E-state index in [1.54, 1.807) is 0 Å². The fraction of sp³-hybridized carbons (Fsp3) is 0.480. The highest BCUT2D eigenvalue weighted by Crippen LogP contribution is 2.28. The van der Waals surface area contributed by atoms with Gasteiger partial charge in [0, 0.05) is 25.2 Å². The lowest BCUT2D eigenvalue weighted by Gasteiger charge is -2.30. The fourth-order valence-electron chi connectivity index (χ4n) is 3.94. The van der Waals surface area contributed by atoms with Crippen LogP contribution < -0.4 is 14.8 Å². The van der Waals surface area contributed by atoms with Crippen LogP contribution in [0.2, 0.25) is 0 Å². The van der Waals surface area contributed by atoms with E-state index in [4.69, 9.17) is 9.47 Å². The van der Waals surface area contributed by atoms with Crippen molar-refractivity contribution in [1.29, 1.82) is 0 Å². The van der Waals surface area contributed by atoms with Crippen LogP contribution in [0, 0.1) is 5.92 Å². The SMILES string of the molecule is CCOc1ccc(CNC(=O)c2ccc(CN3CCC[C@@H](C)C3)cc2)cc1OCC. The minimum absolute atomic E-state index is 0.0695. The monoisotopic (exact) mass is 410 g/mol. The molecule has 1 N–H and O–H groups in total. The third-order valence-electron chi connectivity index (χ3n) is 5.42. The molecular formula is C25H34N2O3. The number of piperidine rings is 1. The van der Waals surface area contributed by atoms with Gasteiger partial charge in [-0.2, -0.15) is 0 Å². The highest BCUT2D eigenvalue weighted by molar-refractivity contribution is 5.94. The predicted octanol–water partition coefficient (Wildman–Crippen LogP) is 4.65. The molecule has 2 aromatic carbocycles. The van der Waals surface area contributed by atoms with E-state index in [0.29, 0.717) is 31.1 Å². The van der Waals surface area contributed by atoms with Crippen molar-refractivity contribution in [2.45, 2.75) is 46.7 Å². The number of likely N-dealkylation sites (tertiary alicyclic amines) is 1. The van der Waals surface area contributed by atoms with Crippen molar-refractivity contribution in [3.63, 3.8) is 0 Å². The zero-order valence-electron chi connectivity index (χ0n) is 18.4. The van der Waals surface area contributed by atoms with E-state index in [1.807, 2.05) is 44.2 Å². The zero-order valence-corrected chi connectivity index (χ0v) is 18.4. The molecule has 1 amide bonds. The summed E-state index contributed by atoms with van der Waals surface area (Å²) in [4.78, 5) is 15.1. The largest absolute Gasteiger partial charge is 0.490 e. The molecule has 0 radical (unpaired) electrons. The summed E-state index contributed by atoms with van der Waals surface area (Å²) in [5.74, 6) is 2.14. The van der Waals surface area contributed by atoms with Gasteiger partial charge in [-0.25, -0.2) is 0 Å². The molecule has 0 aromatic heterocycles. The van der Waals surface area contributed by atoms with E-state index in [2.05, 4.69) is 29.3 Å². The Bertz CT molecular complexity index is 820. The number of carbonyl (C=O) groups is 1. The molecule has 1 saturated heterocycles. The Kier molecular flexibility index (Phi) is 8.14. The van der Waals surface area contributed by atoms with Crippen LogP contribution in [0.1, 0.15) is 55.1 Å². The molecule has 0 aliphatic carbocycles. The number of amides is 1. The molecule has 0 unspecified atom stereocenters. The highest BCUT2D eigenvalue weighted by Gasteiger charge is 2.16. The Labute approximate surface area is 180 Å². The maximum absolute atomic E-state index is 12.6. The van der Waals surface area contributed by atoms with Gasteiger partial charge in [0.25, 0.3) is 5.91 Å². The molecule has 2 aromatic rings. The number of rotatable bonds is 9. The topological polar surface area (TPSA) is 50.8 Å². The zero-order chi connectivity index (χ0) is 21.3. The molecular weight excluding hydrogens is 376 g/mol. The first-order valence-electron chi connectivity index (χ1n) is 11.1. The summed E-state index contributed by atoms with van der Waals surface area (Å²) >= 11 is 0. The predicted molar refractivity (Wildman–Crippen MR) is 120 cm³/mol. The third-order valence-corrected chi connectivity index (χ3v) is 5.42. The van der Waals surface area contributed by atoms with Gasteiger partial charge in [-0.3, -0.25) is 9.69 Å². The first kappa shape index (κ1) is 22.2. The molecule has 30 heavy (non-hydrogen) atoms. The van der Waals surface area contributed by atoms with Gasteiger partial charge >= 0.3 is 0 Å². The minimum atomic E-state index is -0.0695. The number of ether oxygens (including phenoxy) is 2. The van der Waals surface area contributed by atoms with Gasteiger partial charge in [0.2, 0.25) is 0 Å². The van der Waals surface area contributed by atoms with Crippen molar-refractivity contribution in [1.82, 2.24) is 10.2 Å². The van der Waals surface area contributed by atoms with Crippen LogP contribution in [0.25, 0.3) is 0 Å². The molecule has 3 rings (SSSR count). The van der Waals surface area contributed by atoms with Crippen LogP contribution in [0.5, 0.6) is 11.5 Å². The summed E-state index contributed by atoms with van der Waals surface area (Å²) < 4.78 is 11.3. The number of nitrogens with one attached hydrogen (secondary N) is 1. The van der Waals surface area contributed by atoms with Gasteiger partial charge in [0.15, 0.2) is 11.5 Å². The quantitative estimate of drug-likeness (QED) is 0.654. The minimum Gasteiger partial charge on any atom is -0.490 e. The Morgan fingerprint density at radius 3 is 2.43 bits per heavy atom. The van der Waals surface area contributed by atoms with E-state index in [1.165, 1.54) is 24.9 Å². The summed E-state index contributed by atoms with van der Waals surface area (Å²) in [6.07, 6.45) is 2.61. The van der Waals surface area contributed by atoms with Crippen LogP contribution >= 0.6 is 0 Å². The second kappa shape index (κ2) is 11.0. The lowest BCUT2D eigenvalue weighted by Crippen LogP contribution is -2.33. The summed E-state index contributed by atoms with van der Waals surface area (Å²) in [5, 5.41) is 3.00. The molecule has 0 spiro atoms. The van der Waals surface area contributed by atoms with Crippen molar-refractivity contribution in [2.24, 2.45) is 5.92 Å². The van der Waals surface area contributed by atoms with Gasteiger partial charge in [0.1, 0.15) is 0 Å². The van der Waals surface area contributed by atoms with Crippen LogP contribution in [-0.4, -0.2) is 37.1 Å². The van der Waals surface area contributed by atoms with Crippen molar-refractivity contribution >= 4 is 5.91 Å². The van der Waals surface area contributed by atoms with Gasteiger partial charge in [0.05, 0.1) is 13.2 Å². The maximum atomic E-state index is 12.6. The van der Waals surface area contributed by atoms with Crippen LogP contribution in [-0.2, 0) is 13.1 Å². The third kappa shape index (κ3) is 6.23. The molecule has 1 aliphatic rings. The lowest BCUT2D eigenvalue weighted by atomic mass is 9.99. The molecule has 162 valence electrons. The Morgan fingerprint density at radius 2 is 1.73 bits per heavy atom. The molecule has 1 heterocycles. The second-order valence-corrected chi connectivity index (χ2v) is 8.01. The molecule has 1 fully saturated rings. The maximum Gasteiger partial charge on any atom is 0.251 e.